The van der Waals surface area contributed by atoms with Crippen molar-refractivity contribution in [3.8, 4) is 0 Å². The number of allylic oxidation sites excluding steroid dienone is 2. The molecule has 4 heteroatoms. The van der Waals surface area contributed by atoms with Gasteiger partial charge in [0.25, 0.3) is 5.91 Å². The van der Waals surface area contributed by atoms with Gasteiger partial charge in [-0.1, -0.05) is 30.4 Å². The third-order valence-corrected chi connectivity index (χ3v) is 4.68. The molecule has 1 aromatic carbocycles. The molecule has 0 fully saturated rings. The minimum atomic E-state index is 0.0912. The third kappa shape index (κ3) is 3.94. The second kappa shape index (κ2) is 7.47. The molecule has 3 rings (SSSR count). The van der Waals surface area contributed by atoms with E-state index in [1.165, 1.54) is 0 Å². The predicted octanol–water partition coefficient (Wildman–Crippen LogP) is 3.73. The molecule has 1 aromatic heterocycles. The van der Waals surface area contributed by atoms with Gasteiger partial charge in [-0.2, -0.15) is 5.10 Å². The summed E-state index contributed by atoms with van der Waals surface area (Å²) in [7, 11) is 1.94. The van der Waals surface area contributed by atoms with Gasteiger partial charge in [0, 0.05) is 24.8 Å². The first-order valence-corrected chi connectivity index (χ1v) is 8.62. The van der Waals surface area contributed by atoms with Crippen LogP contribution in [0.25, 0.3) is 0 Å². The summed E-state index contributed by atoms with van der Waals surface area (Å²) in [6.07, 6.45) is 7.79. The maximum absolute atomic E-state index is 13.0. The fraction of sp³-hybridized carbons (Fsp3) is 0.400. The Morgan fingerprint density at radius 1 is 1.29 bits per heavy atom. The van der Waals surface area contributed by atoms with Crippen LogP contribution in [0, 0.1) is 12.8 Å². The largest absolute Gasteiger partial charge is 0.332 e. The van der Waals surface area contributed by atoms with Crippen LogP contribution in [0.4, 0.5) is 0 Å². The molecule has 0 saturated carbocycles. The van der Waals surface area contributed by atoms with Gasteiger partial charge >= 0.3 is 0 Å². The molecule has 0 bridgehead atoms. The molecular formula is C20H25N3O. The number of hydrogen-bond donors (Lipinski definition) is 0. The molecule has 1 heterocycles. The molecule has 1 aliphatic carbocycles. The number of rotatable bonds is 5. The van der Waals surface area contributed by atoms with Gasteiger partial charge in [-0.3, -0.25) is 9.48 Å². The zero-order valence-corrected chi connectivity index (χ0v) is 14.5. The smallest absolute Gasteiger partial charge is 0.254 e. The normalized spacial score (nSPS) is 17.0. The number of aryl methyl sites for hydroxylation is 2. The number of aromatic nitrogens is 2. The molecule has 4 nitrogen and oxygen atoms in total. The van der Waals surface area contributed by atoms with Crippen molar-refractivity contribution >= 4 is 5.91 Å². The van der Waals surface area contributed by atoms with Crippen LogP contribution in [0.3, 0.4) is 0 Å². The highest BCUT2D eigenvalue weighted by atomic mass is 16.2. The van der Waals surface area contributed by atoms with Gasteiger partial charge in [0.05, 0.1) is 12.2 Å². The van der Waals surface area contributed by atoms with Crippen LogP contribution in [0.15, 0.2) is 48.6 Å². The van der Waals surface area contributed by atoms with E-state index in [0.29, 0.717) is 12.5 Å². The van der Waals surface area contributed by atoms with Crippen LogP contribution in [0.1, 0.15) is 41.0 Å². The van der Waals surface area contributed by atoms with Crippen molar-refractivity contribution in [2.24, 2.45) is 13.0 Å². The Bertz CT molecular complexity index is 698. The molecule has 0 aliphatic heterocycles. The molecule has 1 atom stereocenters. The molecule has 24 heavy (non-hydrogen) atoms. The maximum atomic E-state index is 13.0. The molecule has 0 radical (unpaired) electrons. The quantitative estimate of drug-likeness (QED) is 0.786. The molecule has 2 aromatic rings. The Kier molecular flexibility index (Phi) is 5.14. The second-order valence-electron chi connectivity index (χ2n) is 6.60. The first-order chi connectivity index (χ1) is 11.6. The van der Waals surface area contributed by atoms with Crippen LogP contribution in [0.5, 0.6) is 0 Å². The molecule has 0 saturated heterocycles. The van der Waals surface area contributed by atoms with Crippen LogP contribution in [0.2, 0.25) is 0 Å². The average molecular weight is 323 g/mol. The van der Waals surface area contributed by atoms with Gasteiger partial charge in [-0.25, -0.2) is 0 Å². The van der Waals surface area contributed by atoms with Gasteiger partial charge in [-0.05, 0) is 50.3 Å². The number of benzene rings is 1. The minimum Gasteiger partial charge on any atom is -0.332 e. The SMILES string of the molecule is Cc1cc(CN(C[C@H]2CC=CCC2)C(=O)c2ccccc2)nn1C. The lowest BCUT2D eigenvalue weighted by Crippen LogP contribution is -2.35. The molecule has 0 N–H and O–H groups in total. The van der Waals surface area contributed by atoms with Gasteiger partial charge in [0.15, 0.2) is 0 Å². The second-order valence-corrected chi connectivity index (χ2v) is 6.60. The Balaban J connectivity index is 1.79. The average Bonchev–Trinajstić information content (AvgIpc) is 2.93. The molecule has 126 valence electrons. The van der Waals surface area contributed by atoms with Gasteiger partial charge in [0.2, 0.25) is 0 Å². The lowest BCUT2D eigenvalue weighted by molar-refractivity contribution is 0.0707. The van der Waals surface area contributed by atoms with E-state index in [1.54, 1.807) is 0 Å². The van der Waals surface area contributed by atoms with E-state index in [9.17, 15) is 4.79 Å². The summed E-state index contributed by atoms with van der Waals surface area (Å²) >= 11 is 0. The first kappa shape index (κ1) is 16.5. The number of amides is 1. The van der Waals surface area contributed by atoms with Crippen LogP contribution in [-0.2, 0) is 13.6 Å². The van der Waals surface area contributed by atoms with Crippen molar-refractivity contribution in [1.82, 2.24) is 14.7 Å². The predicted molar refractivity (Wildman–Crippen MR) is 95.6 cm³/mol. The van der Waals surface area contributed by atoms with E-state index in [0.717, 1.165) is 42.8 Å². The Morgan fingerprint density at radius 2 is 2.08 bits per heavy atom. The van der Waals surface area contributed by atoms with E-state index >= 15 is 0 Å². The number of carbonyl (C=O) groups excluding carboxylic acids is 1. The summed E-state index contributed by atoms with van der Waals surface area (Å²) in [5, 5.41) is 4.53. The monoisotopic (exact) mass is 323 g/mol. The van der Waals surface area contributed by atoms with E-state index in [1.807, 2.05) is 53.9 Å². The summed E-state index contributed by atoms with van der Waals surface area (Å²) in [5.41, 5.74) is 2.81. The van der Waals surface area contributed by atoms with E-state index < -0.39 is 0 Å². The summed E-state index contributed by atoms with van der Waals surface area (Å²) in [4.78, 5) is 14.9. The number of carbonyl (C=O) groups is 1. The highest BCUT2D eigenvalue weighted by Crippen LogP contribution is 2.21. The van der Waals surface area contributed by atoms with Crippen molar-refractivity contribution in [2.75, 3.05) is 6.54 Å². The van der Waals surface area contributed by atoms with Crippen molar-refractivity contribution in [3.63, 3.8) is 0 Å². The summed E-state index contributed by atoms with van der Waals surface area (Å²) in [6, 6.07) is 11.6. The van der Waals surface area contributed by atoms with E-state index in [2.05, 4.69) is 23.3 Å². The Hall–Kier alpha value is -2.36. The fourth-order valence-corrected chi connectivity index (χ4v) is 3.22. The molecule has 0 spiro atoms. The third-order valence-electron chi connectivity index (χ3n) is 4.68. The van der Waals surface area contributed by atoms with Crippen molar-refractivity contribution in [3.05, 3.63) is 65.5 Å². The summed E-state index contributed by atoms with van der Waals surface area (Å²) in [6.45, 7) is 3.38. The zero-order chi connectivity index (χ0) is 16.9. The van der Waals surface area contributed by atoms with Crippen molar-refractivity contribution in [2.45, 2.75) is 32.7 Å². The summed E-state index contributed by atoms with van der Waals surface area (Å²) < 4.78 is 1.86. The van der Waals surface area contributed by atoms with Crippen LogP contribution >= 0.6 is 0 Å². The fourth-order valence-electron chi connectivity index (χ4n) is 3.22. The van der Waals surface area contributed by atoms with Gasteiger partial charge in [0.1, 0.15) is 0 Å². The molecule has 1 aliphatic rings. The highest BCUT2D eigenvalue weighted by Gasteiger charge is 2.22. The summed E-state index contributed by atoms with van der Waals surface area (Å²) in [5.74, 6) is 0.626. The zero-order valence-electron chi connectivity index (χ0n) is 14.5. The minimum absolute atomic E-state index is 0.0912. The van der Waals surface area contributed by atoms with Gasteiger partial charge in [-0.15, -0.1) is 0 Å². The van der Waals surface area contributed by atoms with E-state index in [-0.39, 0.29) is 5.91 Å². The first-order valence-electron chi connectivity index (χ1n) is 8.62. The Labute approximate surface area is 143 Å². The number of hydrogen-bond acceptors (Lipinski definition) is 2. The lowest BCUT2D eigenvalue weighted by atomic mass is 9.93. The molecule has 0 unspecified atom stereocenters. The van der Waals surface area contributed by atoms with E-state index in [4.69, 9.17) is 0 Å². The van der Waals surface area contributed by atoms with Crippen molar-refractivity contribution < 1.29 is 4.79 Å². The standard InChI is InChI=1S/C20H25N3O/c1-16-13-19(21-22(16)2)15-23(14-17-9-5-3-6-10-17)20(24)18-11-7-4-8-12-18/h3-5,7-8,11-13,17H,6,9-10,14-15H2,1-2H3/t17-/m0/s1. The maximum Gasteiger partial charge on any atom is 0.254 e. The molecular weight excluding hydrogens is 298 g/mol. The topological polar surface area (TPSA) is 38.1 Å². The highest BCUT2D eigenvalue weighted by molar-refractivity contribution is 5.94. The number of nitrogens with zero attached hydrogens (tertiary/aromatic N) is 3. The van der Waals surface area contributed by atoms with Crippen molar-refractivity contribution in [1.29, 1.82) is 0 Å². The van der Waals surface area contributed by atoms with Crippen LogP contribution < -0.4 is 0 Å². The van der Waals surface area contributed by atoms with Gasteiger partial charge < -0.3 is 4.90 Å². The van der Waals surface area contributed by atoms with Crippen LogP contribution in [-0.4, -0.2) is 27.1 Å². The molecule has 1 amide bonds. The Morgan fingerprint density at radius 3 is 2.71 bits per heavy atom. The lowest BCUT2D eigenvalue weighted by Gasteiger charge is -2.28.